The van der Waals surface area contributed by atoms with Crippen LogP contribution in [0, 0.1) is 15.9 Å². The zero-order valence-corrected chi connectivity index (χ0v) is 22.7. The summed E-state index contributed by atoms with van der Waals surface area (Å²) < 4.78 is 24.7. The van der Waals surface area contributed by atoms with Crippen molar-refractivity contribution in [1.29, 1.82) is 0 Å². The molecule has 0 saturated carbocycles. The Kier molecular flexibility index (Phi) is 8.66. The summed E-state index contributed by atoms with van der Waals surface area (Å²) in [5.74, 6) is -0.144. The van der Waals surface area contributed by atoms with E-state index in [1.807, 2.05) is 20.8 Å². The van der Waals surface area contributed by atoms with E-state index in [-0.39, 0.29) is 29.2 Å². The molecule has 2 heterocycles. The highest BCUT2D eigenvalue weighted by Gasteiger charge is 2.26. The number of anilines is 2. The van der Waals surface area contributed by atoms with Crippen molar-refractivity contribution in [2.75, 3.05) is 44.6 Å². The summed E-state index contributed by atoms with van der Waals surface area (Å²) in [6.45, 7) is 9.08. The molecule has 0 bridgehead atoms. The maximum atomic E-state index is 13.5. The Morgan fingerprint density at radius 3 is 2.59 bits per heavy atom. The molecule has 3 aromatic rings. The van der Waals surface area contributed by atoms with Gasteiger partial charge in [0.15, 0.2) is 5.75 Å². The van der Waals surface area contributed by atoms with Crippen molar-refractivity contribution in [2.45, 2.75) is 32.8 Å². The molecule has 0 radical (unpaired) electrons. The smallest absolute Gasteiger partial charge is 0.410 e. The molecule has 2 aromatic carbocycles. The second-order valence-electron chi connectivity index (χ2n) is 10.1. The van der Waals surface area contributed by atoms with E-state index in [0.717, 1.165) is 6.54 Å². The number of nitro benzene ring substituents is 1. The first-order chi connectivity index (χ1) is 18.5. The molecule has 13 heteroatoms. The first-order valence-corrected chi connectivity index (χ1v) is 12.9. The van der Waals surface area contributed by atoms with Crippen LogP contribution in [0.1, 0.15) is 27.2 Å². The lowest BCUT2D eigenvalue weighted by atomic mass is 10.2. The molecule has 4 rings (SSSR count). The number of fused-ring (bicyclic) bond motifs is 1. The molecule has 0 spiro atoms. The van der Waals surface area contributed by atoms with Crippen LogP contribution in [-0.2, 0) is 4.74 Å². The van der Waals surface area contributed by atoms with Crippen molar-refractivity contribution < 1.29 is 23.6 Å². The summed E-state index contributed by atoms with van der Waals surface area (Å²) >= 11 is 5.86. The third kappa shape index (κ3) is 7.42. The highest BCUT2D eigenvalue weighted by atomic mass is 35.5. The van der Waals surface area contributed by atoms with E-state index in [1.54, 1.807) is 4.90 Å². The van der Waals surface area contributed by atoms with Gasteiger partial charge in [0.1, 0.15) is 23.6 Å². The Labute approximate surface area is 230 Å². The van der Waals surface area contributed by atoms with E-state index in [1.165, 1.54) is 36.7 Å². The molecule has 39 heavy (non-hydrogen) atoms. The highest BCUT2D eigenvalue weighted by molar-refractivity contribution is 6.31. The first kappa shape index (κ1) is 28.2. The van der Waals surface area contributed by atoms with E-state index in [9.17, 15) is 19.3 Å². The Morgan fingerprint density at radius 1 is 1.18 bits per heavy atom. The molecule has 0 unspecified atom stereocenters. The number of nitrogens with zero attached hydrogens (tertiary/aromatic N) is 5. The molecule has 1 aromatic heterocycles. The minimum Gasteiger partial charge on any atom is -0.487 e. The maximum absolute atomic E-state index is 13.5. The van der Waals surface area contributed by atoms with Crippen molar-refractivity contribution in [2.24, 2.45) is 0 Å². The third-order valence-corrected chi connectivity index (χ3v) is 6.28. The summed E-state index contributed by atoms with van der Waals surface area (Å²) in [7, 11) is 0. The molecule has 1 aliphatic rings. The number of nitro groups is 1. The monoisotopic (exact) mass is 560 g/mol. The van der Waals surface area contributed by atoms with Gasteiger partial charge in [-0.15, -0.1) is 0 Å². The molecule has 1 saturated heterocycles. The number of halogens is 2. The van der Waals surface area contributed by atoms with Crippen molar-refractivity contribution >= 4 is 45.8 Å². The van der Waals surface area contributed by atoms with Gasteiger partial charge in [0, 0.05) is 50.5 Å². The average molecular weight is 561 g/mol. The van der Waals surface area contributed by atoms with Crippen LogP contribution in [0.2, 0.25) is 5.02 Å². The van der Waals surface area contributed by atoms with Crippen LogP contribution in [-0.4, -0.2) is 75.7 Å². The Bertz CT molecular complexity index is 1360. The van der Waals surface area contributed by atoms with Gasteiger partial charge in [-0.2, -0.15) is 0 Å². The molecular formula is C26H30ClFN6O5. The van der Waals surface area contributed by atoms with Crippen LogP contribution in [0.3, 0.4) is 0 Å². The van der Waals surface area contributed by atoms with Crippen LogP contribution in [0.15, 0.2) is 36.7 Å². The summed E-state index contributed by atoms with van der Waals surface area (Å²) in [5.41, 5.74) is 0.164. The van der Waals surface area contributed by atoms with Crippen molar-refractivity contribution in [3.8, 4) is 5.75 Å². The Balaban J connectivity index is 1.36. The zero-order chi connectivity index (χ0) is 28.2. The molecule has 0 aliphatic carbocycles. The fraction of sp³-hybridized carbons (Fsp3) is 0.423. The van der Waals surface area contributed by atoms with Gasteiger partial charge >= 0.3 is 11.8 Å². The number of benzene rings is 2. The quantitative estimate of drug-likeness (QED) is 0.219. The molecule has 11 nitrogen and oxygen atoms in total. The number of carbonyl (C=O) groups is 1. The maximum Gasteiger partial charge on any atom is 0.410 e. The van der Waals surface area contributed by atoms with Gasteiger partial charge in [-0.25, -0.2) is 19.2 Å². The SMILES string of the molecule is CC(C)(C)OC(=O)N1CCN(CCCOc2cc3ncnc(Nc4ccc(F)c(Cl)c4)c3cc2[N+](=O)[O-])CC1. The molecular weight excluding hydrogens is 531 g/mol. The van der Waals surface area contributed by atoms with Crippen LogP contribution in [0.5, 0.6) is 5.75 Å². The lowest BCUT2D eigenvalue weighted by Gasteiger charge is -2.35. The minimum atomic E-state index is -0.560. The first-order valence-electron chi connectivity index (χ1n) is 12.5. The van der Waals surface area contributed by atoms with E-state index < -0.39 is 16.3 Å². The van der Waals surface area contributed by atoms with Crippen molar-refractivity contribution in [3.63, 3.8) is 0 Å². The Hall–Kier alpha value is -3.77. The van der Waals surface area contributed by atoms with E-state index in [4.69, 9.17) is 21.1 Å². The minimum absolute atomic E-state index is 0.0649. The summed E-state index contributed by atoms with van der Waals surface area (Å²) in [4.78, 5) is 35.9. The normalized spacial score (nSPS) is 14.3. The predicted molar refractivity (Wildman–Crippen MR) is 145 cm³/mol. The van der Waals surface area contributed by atoms with Gasteiger partial charge in [-0.3, -0.25) is 15.0 Å². The van der Waals surface area contributed by atoms with Gasteiger partial charge in [-0.05, 0) is 45.4 Å². The van der Waals surface area contributed by atoms with Crippen molar-refractivity contribution in [1.82, 2.24) is 19.8 Å². The molecule has 208 valence electrons. The zero-order valence-electron chi connectivity index (χ0n) is 21.9. The molecule has 0 atom stereocenters. The number of ether oxygens (including phenoxy) is 2. The van der Waals surface area contributed by atoms with E-state index in [2.05, 4.69) is 20.2 Å². The van der Waals surface area contributed by atoms with Crippen LogP contribution >= 0.6 is 11.6 Å². The van der Waals surface area contributed by atoms with Gasteiger partial charge in [0.05, 0.1) is 27.5 Å². The van der Waals surface area contributed by atoms with Gasteiger partial charge in [0.2, 0.25) is 0 Å². The lowest BCUT2D eigenvalue weighted by molar-refractivity contribution is -0.385. The van der Waals surface area contributed by atoms with Gasteiger partial charge in [-0.1, -0.05) is 11.6 Å². The topological polar surface area (TPSA) is 123 Å². The molecule has 1 fully saturated rings. The number of hydrogen-bond acceptors (Lipinski definition) is 9. The summed E-state index contributed by atoms with van der Waals surface area (Å²) in [6.07, 6.45) is 1.66. The molecule has 1 N–H and O–H groups in total. The predicted octanol–water partition coefficient (Wildman–Crippen LogP) is 5.40. The van der Waals surface area contributed by atoms with Gasteiger partial charge in [0.25, 0.3) is 0 Å². The van der Waals surface area contributed by atoms with Crippen LogP contribution in [0.4, 0.5) is 26.4 Å². The number of piperazine rings is 1. The number of rotatable bonds is 8. The van der Waals surface area contributed by atoms with Crippen LogP contribution in [0.25, 0.3) is 10.9 Å². The third-order valence-electron chi connectivity index (χ3n) is 6.00. The van der Waals surface area contributed by atoms with Crippen LogP contribution < -0.4 is 10.1 Å². The largest absolute Gasteiger partial charge is 0.487 e. The van der Waals surface area contributed by atoms with Gasteiger partial charge < -0.3 is 19.7 Å². The lowest BCUT2D eigenvalue weighted by Crippen LogP contribution is -2.50. The standard InChI is InChI=1S/C26H30ClFN6O5/c1-26(2,3)39-25(35)33-10-8-32(9-11-33)7-4-12-38-23-15-21-18(14-22(23)34(36)37)24(30-16-29-21)31-17-5-6-20(28)19(27)13-17/h5-6,13-16H,4,7-12H2,1-3H3,(H,29,30,31). The number of hydrogen-bond donors (Lipinski definition) is 1. The Morgan fingerprint density at radius 2 is 1.92 bits per heavy atom. The molecule has 1 amide bonds. The molecule has 1 aliphatic heterocycles. The van der Waals surface area contributed by atoms with E-state index >= 15 is 0 Å². The number of amides is 1. The highest BCUT2D eigenvalue weighted by Crippen LogP contribution is 2.35. The summed E-state index contributed by atoms with van der Waals surface area (Å²) in [6, 6.07) is 6.96. The number of nitrogens with one attached hydrogen (secondary N) is 1. The number of carbonyl (C=O) groups excluding carboxylic acids is 1. The van der Waals surface area contributed by atoms with E-state index in [0.29, 0.717) is 55.0 Å². The fourth-order valence-electron chi connectivity index (χ4n) is 4.09. The van der Waals surface area contributed by atoms with Crippen molar-refractivity contribution in [3.05, 3.63) is 57.6 Å². The fourth-order valence-corrected chi connectivity index (χ4v) is 4.27. The number of aromatic nitrogens is 2. The second-order valence-corrected chi connectivity index (χ2v) is 10.5. The second kappa shape index (κ2) is 12.0. The average Bonchev–Trinajstić information content (AvgIpc) is 2.87. The summed E-state index contributed by atoms with van der Waals surface area (Å²) in [5, 5.41) is 15.2.